The van der Waals surface area contributed by atoms with Crippen LogP contribution in [0.3, 0.4) is 0 Å². The van der Waals surface area contributed by atoms with Crippen LogP contribution in [0.4, 0.5) is 43.7 Å². The van der Waals surface area contributed by atoms with Crippen molar-refractivity contribution in [3.63, 3.8) is 0 Å². The Bertz CT molecular complexity index is 1140. The van der Waals surface area contributed by atoms with E-state index in [1.54, 1.807) is 13.0 Å². The van der Waals surface area contributed by atoms with Gasteiger partial charge in [0.1, 0.15) is 5.15 Å². The zero-order valence-corrected chi connectivity index (χ0v) is 21.7. The van der Waals surface area contributed by atoms with Crippen molar-refractivity contribution in [1.29, 1.82) is 0 Å². The molecular weight excluding hydrogens is 589 g/mol. The Kier molecular flexibility index (Phi) is 13.7. The highest BCUT2D eigenvalue weighted by Crippen LogP contribution is 2.22. The van der Waals surface area contributed by atoms with Crippen LogP contribution in [0.1, 0.15) is 36.3 Å². The number of anilines is 3. The highest BCUT2D eigenvalue weighted by atomic mass is 35.5. The largest absolute Gasteiger partial charge is 0.490 e. The highest BCUT2D eigenvalue weighted by Gasteiger charge is 2.38. The Hall–Kier alpha value is -3.60. The molecular formula is C20H22Cl2F6N6O5. The van der Waals surface area contributed by atoms with Gasteiger partial charge < -0.3 is 26.6 Å². The minimum absolute atomic E-state index is 0.00686. The van der Waals surface area contributed by atoms with Crippen molar-refractivity contribution < 1.29 is 50.9 Å². The second kappa shape index (κ2) is 15.1. The summed E-state index contributed by atoms with van der Waals surface area (Å²) in [4.78, 5) is 42.3. The lowest BCUT2D eigenvalue weighted by Gasteiger charge is -2.12. The molecule has 0 aliphatic heterocycles. The number of pyridine rings is 1. The number of nitrogens with one attached hydrogen (secondary N) is 2. The molecule has 0 aromatic carbocycles. The number of hydrogen-bond donors (Lipinski definition) is 5. The third-order valence-corrected chi connectivity index (χ3v) is 4.53. The summed E-state index contributed by atoms with van der Waals surface area (Å²) in [7, 11) is 0. The fourth-order valence-corrected chi connectivity index (χ4v) is 2.30. The van der Waals surface area contributed by atoms with Gasteiger partial charge in [0.15, 0.2) is 22.5 Å². The molecule has 0 saturated heterocycles. The molecule has 0 atom stereocenters. The van der Waals surface area contributed by atoms with Gasteiger partial charge in [-0.2, -0.15) is 26.3 Å². The first kappa shape index (κ1) is 35.4. The first-order valence-corrected chi connectivity index (χ1v) is 11.0. The van der Waals surface area contributed by atoms with E-state index in [0.717, 1.165) is 12.0 Å². The second-order valence-corrected chi connectivity index (χ2v) is 8.31. The van der Waals surface area contributed by atoms with E-state index in [1.807, 2.05) is 0 Å². The fraction of sp³-hybridized carbons (Fsp3) is 0.400. The number of carboxylic acid groups (broad SMARTS) is 2. The minimum atomic E-state index is -5.08. The van der Waals surface area contributed by atoms with Crippen LogP contribution in [0.25, 0.3) is 0 Å². The molecule has 0 aliphatic carbocycles. The molecule has 0 radical (unpaired) electrons. The minimum Gasteiger partial charge on any atom is -0.475 e. The summed E-state index contributed by atoms with van der Waals surface area (Å²) >= 11 is 12.0. The summed E-state index contributed by atoms with van der Waals surface area (Å²) in [6.45, 7) is 6.70. The van der Waals surface area contributed by atoms with Gasteiger partial charge in [0.25, 0.3) is 5.91 Å². The number of aromatic nitrogens is 3. The van der Waals surface area contributed by atoms with Crippen molar-refractivity contribution in [1.82, 2.24) is 15.0 Å². The Morgan fingerprint density at radius 3 is 1.90 bits per heavy atom. The number of carbonyl (C=O) groups excluding carboxylic acids is 1. The molecule has 19 heteroatoms. The van der Waals surface area contributed by atoms with Crippen molar-refractivity contribution in [2.75, 3.05) is 22.9 Å². The van der Waals surface area contributed by atoms with Crippen LogP contribution in [0.15, 0.2) is 12.3 Å². The maximum Gasteiger partial charge on any atom is 0.490 e. The van der Waals surface area contributed by atoms with Crippen molar-refractivity contribution in [3.05, 3.63) is 33.8 Å². The lowest BCUT2D eigenvalue weighted by atomic mass is 10.1. The first-order valence-electron chi connectivity index (χ1n) is 10.3. The molecule has 2 rings (SSSR count). The number of nitrogens with two attached hydrogens (primary N) is 1. The number of carboxylic acids is 2. The van der Waals surface area contributed by atoms with E-state index in [-0.39, 0.29) is 16.7 Å². The molecule has 11 nitrogen and oxygen atoms in total. The maximum absolute atomic E-state index is 12.4. The predicted molar refractivity (Wildman–Crippen MR) is 129 cm³/mol. The number of hydrogen-bond acceptors (Lipinski definition) is 8. The van der Waals surface area contributed by atoms with E-state index >= 15 is 0 Å². The van der Waals surface area contributed by atoms with Crippen LogP contribution in [0.5, 0.6) is 0 Å². The van der Waals surface area contributed by atoms with Crippen LogP contribution >= 0.6 is 23.2 Å². The third kappa shape index (κ3) is 13.7. The third-order valence-electron chi connectivity index (χ3n) is 3.87. The van der Waals surface area contributed by atoms with Gasteiger partial charge in [-0.1, -0.05) is 37.0 Å². The van der Waals surface area contributed by atoms with Gasteiger partial charge in [-0.05, 0) is 30.9 Å². The average Bonchev–Trinajstić information content (AvgIpc) is 2.77. The smallest absolute Gasteiger partial charge is 0.475 e. The number of aliphatic carboxylic acids is 2. The van der Waals surface area contributed by atoms with Crippen molar-refractivity contribution >= 4 is 58.4 Å². The van der Waals surface area contributed by atoms with Gasteiger partial charge in [0.05, 0.1) is 11.9 Å². The van der Waals surface area contributed by atoms with Gasteiger partial charge >= 0.3 is 24.3 Å². The monoisotopic (exact) mass is 610 g/mol. The molecule has 2 aromatic heterocycles. The topological polar surface area (TPSA) is 180 Å². The standard InChI is InChI=1S/C16H20Cl2N6O.2C2HF3O2/c1-8(2)4-5-20-15-13(18)23-11(14(19)24-15)16(25)22-10-6-9(3)12(17)21-7-10;2*3-2(4,5)1(6)7/h6-8H,4-5H2,1-3H3,(H,22,25)(H3,19,20,24);2*(H,6,7). The first-order chi connectivity index (χ1) is 17.7. The van der Waals surface area contributed by atoms with Crippen LogP contribution < -0.4 is 16.4 Å². The van der Waals surface area contributed by atoms with Crippen LogP contribution in [0, 0.1) is 12.8 Å². The molecule has 0 fully saturated rings. The van der Waals surface area contributed by atoms with Crippen LogP contribution in [0.2, 0.25) is 10.3 Å². The number of nitrogen functional groups attached to an aromatic ring is 1. The Balaban J connectivity index is 0.000000848. The Morgan fingerprint density at radius 2 is 1.49 bits per heavy atom. The normalized spacial score (nSPS) is 11.0. The molecule has 2 aromatic rings. The summed E-state index contributed by atoms with van der Waals surface area (Å²) in [6.07, 6.45) is -7.77. The summed E-state index contributed by atoms with van der Waals surface area (Å²) in [6, 6.07) is 1.69. The van der Waals surface area contributed by atoms with Gasteiger partial charge in [-0.3, -0.25) is 4.79 Å². The summed E-state index contributed by atoms with van der Waals surface area (Å²) in [5.74, 6) is -5.14. The molecule has 0 bridgehead atoms. The number of carbonyl (C=O) groups is 3. The molecule has 218 valence electrons. The molecule has 0 aliphatic rings. The van der Waals surface area contributed by atoms with Crippen LogP contribution in [-0.4, -0.2) is 61.9 Å². The van der Waals surface area contributed by atoms with Gasteiger partial charge in [0, 0.05) is 6.54 Å². The van der Waals surface area contributed by atoms with Crippen molar-refractivity contribution in [2.45, 2.75) is 39.5 Å². The van der Waals surface area contributed by atoms with Crippen molar-refractivity contribution in [2.24, 2.45) is 5.92 Å². The van der Waals surface area contributed by atoms with E-state index in [4.69, 9.17) is 48.7 Å². The lowest BCUT2D eigenvalue weighted by molar-refractivity contribution is -0.193. The Morgan fingerprint density at radius 1 is 1.00 bits per heavy atom. The van der Waals surface area contributed by atoms with Gasteiger partial charge in [-0.15, -0.1) is 0 Å². The molecule has 2 heterocycles. The molecule has 1 amide bonds. The van der Waals surface area contributed by atoms with E-state index in [9.17, 15) is 31.1 Å². The quantitative estimate of drug-likeness (QED) is 0.219. The molecule has 0 spiro atoms. The molecule has 0 unspecified atom stereocenters. The van der Waals surface area contributed by atoms with E-state index in [2.05, 4.69) is 39.4 Å². The van der Waals surface area contributed by atoms with Crippen molar-refractivity contribution in [3.8, 4) is 0 Å². The second-order valence-electron chi connectivity index (χ2n) is 7.60. The number of amides is 1. The molecule has 0 saturated carbocycles. The SMILES string of the molecule is Cc1cc(NC(=O)c2nc(Cl)c(NCCC(C)C)nc2N)cnc1Cl.O=C(O)C(F)(F)F.O=C(O)C(F)(F)F. The number of alkyl halides is 6. The number of aryl methyl sites for hydroxylation is 1. The maximum atomic E-state index is 12.4. The highest BCUT2D eigenvalue weighted by molar-refractivity contribution is 6.32. The summed E-state index contributed by atoms with van der Waals surface area (Å²) in [5.41, 5.74) is 7.02. The van der Waals surface area contributed by atoms with Crippen LogP contribution in [-0.2, 0) is 9.59 Å². The Labute approximate surface area is 226 Å². The molecule has 39 heavy (non-hydrogen) atoms. The lowest BCUT2D eigenvalue weighted by Crippen LogP contribution is -2.21. The zero-order chi connectivity index (χ0) is 30.7. The number of nitrogens with zero attached hydrogens (tertiary/aromatic N) is 3. The predicted octanol–water partition coefficient (Wildman–Crippen LogP) is 5.05. The summed E-state index contributed by atoms with van der Waals surface area (Å²) in [5, 5.41) is 20.4. The fourth-order valence-electron chi connectivity index (χ4n) is 2.00. The number of rotatable bonds is 6. The summed E-state index contributed by atoms with van der Waals surface area (Å²) < 4.78 is 63.5. The number of halogens is 8. The average molecular weight is 611 g/mol. The van der Waals surface area contributed by atoms with E-state index < -0.39 is 30.2 Å². The molecule has 6 N–H and O–H groups in total. The van der Waals surface area contributed by atoms with E-state index in [0.29, 0.717) is 29.1 Å². The van der Waals surface area contributed by atoms with Gasteiger partial charge in [0.2, 0.25) is 0 Å². The van der Waals surface area contributed by atoms with E-state index in [1.165, 1.54) is 6.20 Å². The zero-order valence-electron chi connectivity index (χ0n) is 20.2. The van der Waals surface area contributed by atoms with Gasteiger partial charge in [-0.25, -0.2) is 24.5 Å².